The molecule has 18 heavy (non-hydrogen) atoms. The van der Waals surface area contributed by atoms with E-state index in [0.717, 1.165) is 11.3 Å². The third-order valence-electron chi connectivity index (χ3n) is 2.62. The second kappa shape index (κ2) is 6.26. The van der Waals surface area contributed by atoms with E-state index >= 15 is 0 Å². The molecule has 2 rings (SSSR count). The number of nitrogens with two attached hydrogens (primary N) is 1. The van der Waals surface area contributed by atoms with Gasteiger partial charge >= 0.3 is 0 Å². The zero-order chi connectivity index (χ0) is 12.8. The summed E-state index contributed by atoms with van der Waals surface area (Å²) in [5.74, 6) is 0.491. The Bertz CT molecular complexity index is 498. The van der Waals surface area contributed by atoms with Crippen molar-refractivity contribution < 1.29 is 4.79 Å². The number of thioether (sulfide) groups is 1. The summed E-state index contributed by atoms with van der Waals surface area (Å²) in [6, 6.07) is 19.7. The molecule has 92 valence electrons. The molecule has 0 aliphatic carbocycles. The van der Waals surface area contributed by atoms with Crippen molar-refractivity contribution in [3.8, 4) is 0 Å². The fourth-order valence-electron chi connectivity index (χ4n) is 1.72. The van der Waals surface area contributed by atoms with Crippen molar-refractivity contribution >= 4 is 17.7 Å². The van der Waals surface area contributed by atoms with Crippen LogP contribution in [0.5, 0.6) is 0 Å². The van der Waals surface area contributed by atoms with Crippen molar-refractivity contribution in [2.75, 3.05) is 0 Å². The Kier molecular flexibility index (Phi) is 4.42. The van der Waals surface area contributed by atoms with Crippen LogP contribution in [-0.4, -0.2) is 5.91 Å². The van der Waals surface area contributed by atoms with Gasteiger partial charge in [-0.1, -0.05) is 60.7 Å². The smallest absolute Gasteiger partial charge is 0.235 e. The minimum Gasteiger partial charge on any atom is -0.368 e. The summed E-state index contributed by atoms with van der Waals surface area (Å²) in [6.07, 6.45) is 0. The molecule has 0 bridgehead atoms. The molecule has 0 aliphatic heterocycles. The van der Waals surface area contributed by atoms with Gasteiger partial charge in [0.2, 0.25) is 5.91 Å². The SMILES string of the molecule is NC(=O)C(SCc1ccccc1)c1ccccc1. The lowest BCUT2D eigenvalue weighted by Gasteiger charge is -2.13. The van der Waals surface area contributed by atoms with Gasteiger partial charge in [0, 0.05) is 5.75 Å². The number of hydrogen-bond donors (Lipinski definition) is 1. The van der Waals surface area contributed by atoms with Gasteiger partial charge in [0.05, 0.1) is 0 Å². The average molecular weight is 257 g/mol. The predicted octanol–water partition coefficient (Wildman–Crippen LogP) is 3.15. The summed E-state index contributed by atoms with van der Waals surface area (Å²) < 4.78 is 0. The topological polar surface area (TPSA) is 43.1 Å². The first-order valence-electron chi connectivity index (χ1n) is 5.77. The Labute approximate surface area is 111 Å². The molecule has 0 saturated heterocycles. The van der Waals surface area contributed by atoms with Crippen LogP contribution in [0, 0.1) is 0 Å². The predicted molar refractivity (Wildman–Crippen MR) is 76.1 cm³/mol. The lowest BCUT2D eigenvalue weighted by atomic mass is 10.1. The molecule has 0 heterocycles. The maximum Gasteiger partial charge on any atom is 0.235 e. The van der Waals surface area contributed by atoms with E-state index in [1.54, 1.807) is 11.8 Å². The summed E-state index contributed by atoms with van der Waals surface area (Å²) in [7, 11) is 0. The van der Waals surface area contributed by atoms with Crippen molar-refractivity contribution in [2.24, 2.45) is 5.73 Å². The molecule has 0 fully saturated rings. The molecule has 2 N–H and O–H groups in total. The second-order valence-electron chi connectivity index (χ2n) is 3.99. The number of hydrogen-bond acceptors (Lipinski definition) is 2. The lowest BCUT2D eigenvalue weighted by molar-refractivity contribution is -0.117. The van der Waals surface area contributed by atoms with Gasteiger partial charge in [-0.15, -0.1) is 11.8 Å². The standard InChI is InChI=1S/C15H15NOS/c16-15(17)14(13-9-5-2-6-10-13)18-11-12-7-3-1-4-8-12/h1-10,14H,11H2,(H2,16,17). The molecule has 0 aliphatic rings. The Morgan fingerprint density at radius 1 is 1.00 bits per heavy atom. The number of carbonyl (C=O) groups is 1. The highest BCUT2D eigenvalue weighted by molar-refractivity contribution is 7.99. The molecular formula is C15H15NOS. The normalized spacial score (nSPS) is 12.0. The lowest BCUT2D eigenvalue weighted by Crippen LogP contribution is -2.19. The zero-order valence-corrected chi connectivity index (χ0v) is 10.8. The van der Waals surface area contributed by atoms with Crippen LogP contribution < -0.4 is 5.73 Å². The van der Waals surface area contributed by atoms with Crippen LogP contribution in [0.15, 0.2) is 60.7 Å². The summed E-state index contributed by atoms with van der Waals surface area (Å²) >= 11 is 1.56. The van der Waals surface area contributed by atoms with E-state index in [2.05, 4.69) is 12.1 Å². The number of carbonyl (C=O) groups excluding carboxylic acids is 1. The molecule has 2 aromatic carbocycles. The Balaban J connectivity index is 2.06. The summed E-state index contributed by atoms with van der Waals surface area (Å²) in [5.41, 5.74) is 7.64. The third kappa shape index (κ3) is 3.37. The fraction of sp³-hybridized carbons (Fsp3) is 0.133. The van der Waals surface area contributed by atoms with Gasteiger partial charge < -0.3 is 5.73 Å². The molecule has 2 aromatic rings. The maximum absolute atomic E-state index is 11.5. The van der Waals surface area contributed by atoms with E-state index < -0.39 is 0 Å². The van der Waals surface area contributed by atoms with Gasteiger partial charge in [0.1, 0.15) is 5.25 Å². The first kappa shape index (κ1) is 12.7. The van der Waals surface area contributed by atoms with E-state index in [4.69, 9.17) is 5.73 Å². The number of primary amides is 1. The van der Waals surface area contributed by atoms with Crippen LogP contribution in [0.4, 0.5) is 0 Å². The number of rotatable bonds is 5. The highest BCUT2D eigenvalue weighted by Gasteiger charge is 2.17. The molecule has 0 saturated carbocycles. The van der Waals surface area contributed by atoms with E-state index in [-0.39, 0.29) is 11.2 Å². The Morgan fingerprint density at radius 2 is 1.56 bits per heavy atom. The van der Waals surface area contributed by atoms with Gasteiger partial charge in [-0.05, 0) is 11.1 Å². The largest absolute Gasteiger partial charge is 0.368 e. The van der Waals surface area contributed by atoms with E-state index in [0.29, 0.717) is 0 Å². The van der Waals surface area contributed by atoms with Crippen molar-refractivity contribution in [1.29, 1.82) is 0 Å². The van der Waals surface area contributed by atoms with Crippen molar-refractivity contribution in [2.45, 2.75) is 11.0 Å². The minimum atomic E-state index is -0.290. The molecule has 0 spiro atoms. The number of amides is 1. The zero-order valence-electron chi connectivity index (χ0n) is 9.95. The quantitative estimate of drug-likeness (QED) is 0.894. The minimum absolute atomic E-state index is 0.286. The van der Waals surface area contributed by atoms with Crippen LogP contribution in [0.1, 0.15) is 16.4 Å². The average Bonchev–Trinajstić information content (AvgIpc) is 2.41. The van der Waals surface area contributed by atoms with E-state index in [1.807, 2.05) is 48.5 Å². The molecule has 0 radical (unpaired) electrons. The molecule has 1 amide bonds. The summed E-state index contributed by atoms with van der Waals surface area (Å²) in [5, 5.41) is -0.286. The van der Waals surface area contributed by atoms with Crippen LogP contribution in [0.3, 0.4) is 0 Å². The van der Waals surface area contributed by atoms with Crippen LogP contribution >= 0.6 is 11.8 Å². The molecule has 0 aromatic heterocycles. The molecule has 1 unspecified atom stereocenters. The maximum atomic E-state index is 11.5. The van der Waals surface area contributed by atoms with Crippen molar-refractivity contribution in [3.05, 3.63) is 71.8 Å². The van der Waals surface area contributed by atoms with Gasteiger partial charge in [0.15, 0.2) is 0 Å². The van der Waals surface area contributed by atoms with Gasteiger partial charge in [-0.3, -0.25) is 4.79 Å². The van der Waals surface area contributed by atoms with Crippen LogP contribution in [-0.2, 0) is 10.5 Å². The van der Waals surface area contributed by atoms with Crippen molar-refractivity contribution in [3.63, 3.8) is 0 Å². The Hall–Kier alpha value is -1.74. The summed E-state index contributed by atoms with van der Waals surface area (Å²) in [4.78, 5) is 11.5. The van der Waals surface area contributed by atoms with E-state index in [9.17, 15) is 4.79 Å². The first-order valence-corrected chi connectivity index (χ1v) is 6.82. The fourth-order valence-corrected chi connectivity index (χ4v) is 2.79. The van der Waals surface area contributed by atoms with Gasteiger partial charge in [-0.25, -0.2) is 0 Å². The van der Waals surface area contributed by atoms with Gasteiger partial charge in [-0.2, -0.15) is 0 Å². The highest BCUT2D eigenvalue weighted by atomic mass is 32.2. The molecule has 2 nitrogen and oxygen atoms in total. The van der Waals surface area contributed by atoms with Crippen molar-refractivity contribution in [1.82, 2.24) is 0 Å². The molecular weight excluding hydrogens is 242 g/mol. The number of benzene rings is 2. The third-order valence-corrected chi connectivity index (χ3v) is 3.96. The van der Waals surface area contributed by atoms with Crippen LogP contribution in [0.2, 0.25) is 0 Å². The second-order valence-corrected chi connectivity index (χ2v) is 5.08. The van der Waals surface area contributed by atoms with Crippen LogP contribution in [0.25, 0.3) is 0 Å². The monoisotopic (exact) mass is 257 g/mol. The highest BCUT2D eigenvalue weighted by Crippen LogP contribution is 2.31. The Morgan fingerprint density at radius 3 is 2.11 bits per heavy atom. The van der Waals surface area contributed by atoms with E-state index in [1.165, 1.54) is 5.56 Å². The summed E-state index contributed by atoms with van der Waals surface area (Å²) in [6.45, 7) is 0. The molecule has 1 atom stereocenters. The van der Waals surface area contributed by atoms with Gasteiger partial charge in [0.25, 0.3) is 0 Å². The first-order chi connectivity index (χ1) is 8.77. The molecule has 3 heteroatoms.